The highest BCUT2D eigenvalue weighted by Crippen LogP contribution is 2.26. The summed E-state index contributed by atoms with van der Waals surface area (Å²) in [6, 6.07) is 34.9. The largest absolute Gasteiger partial charge is 0.493 e. The number of rotatable bonds is 13. The van der Waals surface area contributed by atoms with E-state index in [2.05, 4.69) is 0 Å². The predicted octanol–water partition coefficient (Wildman–Crippen LogP) is 8.11. The predicted molar refractivity (Wildman–Crippen MR) is 142 cm³/mol. The first-order valence-electron chi connectivity index (χ1n) is 11.0. The molecule has 0 N–H and O–H groups in total. The summed E-state index contributed by atoms with van der Waals surface area (Å²) in [5.41, 5.74) is 0. The second-order valence-electron chi connectivity index (χ2n) is 7.11. The van der Waals surface area contributed by atoms with Crippen molar-refractivity contribution in [2.24, 2.45) is 0 Å². The molecule has 0 saturated carbocycles. The van der Waals surface area contributed by atoms with Crippen LogP contribution in [0.25, 0.3) is 0 Å². The van der Waals surface area contributed by atoms with Gasteiger partial charge < -0.3 is 18.9 Å². The highest BCUT2D eigenvalue weighted by molar-refractivity contribution is 8.76. The van der Waals surface area contributed by atoms with Gasteiger partial charge in [0, 0.05) is 11.5 Å². The Morgan fingerprint density at radius 2 is 0.706 bits per heavy atom. The molecule has 0 atom stereocenters. The quantitative estimate of drug-likeness (QED) is 0.139. The van der Waals surface area contributed by atoms with E-state index < -0.39 is 0 Å². The van der Waals surface area contributed by atoms with Crippen molar-refractivity contribution in [1.29, 1.82) is 0 Å². The van der Waals surface area contributed by atoms with Crippen LogP contribution in [0.3, 0.4) is 0 Å². The number of hydrogen-bond donors (Lipinski definition) is 0. The van der Waals surface area contributed by atoms with Crippen LogP contribution in [0, 0.1) is 0 Å². The Balaban J connectivity index is 1.05. The van der Waals surface area contributed by atoms with Crippen molar-refractivity contribution in [1.82, 2.24) is 0 Å². The fraction of sp³-hybridized carbons (Fsp3) is 0.143. The third kappa shape index (κ3) is 8.28. The Bertz CT molecular complexity index is 998. The zero-order valence-corrected chi connectivity index (χ0v) is 20.3. The van der Waals surface area contributed by atoms with Crippen molar-refractivity contribution in [2.45, 2.75) is 0 Å². The van der Waals surface area contributed by atoms with Gasteiger partial charge in [-0.3, -0.25) is 0 Å². The summed E-state index contributed by atoms with van der Waals surface area (Å²) in [4.78, 5) is 0. The molecule has 34 heavy (non-hydrogen) atoms. The zero-order chi connectivity index (χ0) is 23.3. The fourth-order valence-electron chi connectivity index (χ4n) is 2.96. The van der Waals surface area contributed by atoms with Gasteiger partial charge in [0.05, 0.1) is 13.2 Å². The third-order valence-corrected chi connectivity index (χ3v) is 6.89. The van der Waals surface area contributed by atoms with Crippen molar-refractivity contribution < 1.29 is 18.9 Å². The highest BCUT2D eigenvalue weighted by atomic mass is 33.1. The van der Waals surface area contributed by atoms with E-state index in [0.717, 1.165) is 46.0 Å². The standard InChI is InChI=1S/C28H26O4S2/c1-3-7-25(8-4-1)31-27-15-11-23(12-16-27)29-19-21-33-34-22-20-30-24-13-17-28(18-14-24)32-26-9-5-2-6-10-26/h1-18H,19-22H2. The second kappa shape index (κ2) is 13.5. The molecule has 0 aliphatic carbocycles. The molecule has 4 aromatic rings. The molecule has 6 heteroatoms. The maximum absolute atomic E-state index is 5.81. The average Bonchev–Trinajstić information content (AvgIpc) is 2.89. The minimum atomic E-state index is 0.653. The van der Waals surface area contributed by atoms with E-state index in [0.29, 0.717) is 13.2 Å². The Morgan fingerprint density at radius 3 is 1.09 bits per heavy atom. The van der Waals surface area contributed by atoms with Crippen LogP contribution < -0.4 is 18.9 Å². The SMILES string of the molecule is c1ccc(Oc2ccc(OCCSSCCOc3ccc(Oc4ccccc4)cc3)cc2)cc1. The van der Waals surface area contributed by atoms with Crippen LogP contribution in [0.5, 0.6) is 34.5 Å². The molecule has 0 fully saturated rings. The molecule has 0 saturated heterocycles. The molecule has 0 bridgehead atoms. The number of ether oxygens (including phenoxy) is 4. The topological polar surface area (TPSA) is 36.9 Å². The first-order chi connectivity index (χ1) is 16.8. The van der Waals surface area contributed by atoms with Gasteiger partial charge in [0.15, 0.2) is 0 Å². The van der Waals surface area contributed by atoms with Crippen molar-refractivity contribution >= 4 is 21.6 Å². The Labute approximate surface area is 208 Å². The fourth-order valence-corrected chi connectivity index (χ4v) is 4.62. The maximum Gasteiger partial charge on any atom is 0.127 e. The lowest BCUT2D eigenvalue weighted by Gasteiger charge is -2.09. The summed E-state index contributed by atoms with van der Waals surface area (Å²) in [5, 5.41) is 0. The molecule has 0 aliphatic heterocycles. The molecule has 4 aromatic carbocycles. The van der Waals surface area contributed by atoms with Gasteiger partial charge in [-0.1, -0.05) is 58.0 Å². The molecule has 0 spiro atoms. The highest BCUT2D eigenvalue weighted by Gasteiger charge is 2.01. The van der Waals surface area contributed by atoms with Gasteiger partial charge in [-0.25, -0.2) is 0 Å². The minimum absolute atomic E-state index is 0.653. The summed E-state index contributed by atoms with van der Waals surface area (Å²) in [5.74, 6) is 6.72. The summed E-state index contributed by atoms with van der Waals surface area (Å²) in [6.07, 6.45) is 0. The van der Waals surface area contributed by atoms with E-state index in [1.165, 1.54) is 0 Å². The molecular weight excluding hydrogens is 464 g/mol. The van der Waals surface area contributed by atoms with Crippen molar-refractivity contribution in [2.75, 3.05) is 24.7 Å². The van der Waals surface area contributed by atoms with E-state index in [9.17, 15) is 0 Å². The molecule has 0 aromatic heterocycles. The molecule has 0 aliphatic rings. The molecule has 0 unspecified atom stereocenters. The Kier molecular flexibility index (Phi) is 9.48. The van der Waals surface area contributed by atoms with Gasteiger partial charge >= 0.3 is 0 Å². The van der Waals surface area contributed by atoms with E-state index in [1.807, 2.05) is 109 Å². The van der Waals surface area contributed by atoms with E-state index in [1.54, 1.807) is 21.6 Å². The summed E-state index contributed by atoms with van der Waals surface area (Å²) in [7, 11) is 3.57. The van der Waals surface area contributed by atoms with Crippen molar-refractivity contribution in [3.05, 3.63) is 109 Å². The van der Waals surface area contributed by atoms with Gasteiger partial charge in [-0.05, 0) is 72.8 Å². The first-order valence-corrected chi connectivity index (χ1v) is 13.5. The molecule has 0 amide bonds. The van der Waals surface area contributed by atoms with Crippen molar-refractivity contribution in [3.63, 3.8) is 0 Å². The van der Waals surface area contributed by atoms with Gasteiger partial charge in [0.25, 0.3) is 0 Å². The van der Waals surface area contributed by atoms with Gasteiger partial charge in [-0.2, -0.15) is 0 Å². The summed E-state index contributed by atoms with van der Waals surface area (Å²) < 4.78 is 23.2. The third-order valence-electron chi connectivity index (χ3n) is 4.56. The van der Waals surface area contributed by atoms with Gasteiger partial charge in [-0.15, -0.1) is 0 Å². The number of benzene rings is 4. The summed E-state index contributed by atoms with van der Waals surface area (Å²) in [6.45, 7) is 1.31. The monoisotopic (exact) mass is 490 g/mol. The maximum atomic E-state index is 5.81. The van der Waals surface area contributed by atoms with E-state index in [-0.39, 0.29) is 0 Å². The molecular formula is C28H26O4S2. The number of hydrogen-bond acceptors (Lipinski definition) is 6. The van der Waals surface area contributed by atoms with Crippen molar-refractivity contribution in [3.8, 4) is 34.5 Å². The minimum Gasteiger partial charge on any atom is -0.493 e. The smallest absolute Gasteiger partial charge is 0.127 e. The normalized spacial score (nSPS) is 10.5. The van der Waals surface area contributed by atoms with Gasteiger partial charge in [0.1, 0.15) is 34.5 Å². The van der Waals surface area contributed by atoms with Gasteiger partial charge in [0.2, 0.25) is 0 Å². The van der Waals surface area contributed by atoms with Crippen LogP contribution in [-0.4, -0.2) is 24.7 Å². The van der Waals surface area contributed by atoms with E-state index in [4.69, 9.17) is 18.9 Å². The Morgan fingerprint density at radius 1 is 0.382 bits per heavy atom. The molecule has 4 rings (SSSR count). The first kappa shape index (κ1) is 23.9. The second-order valence-corrected chi connectivity index (χ2v) is 9.82. The average molecular weight is 491 g/mol. The van der Waals surface area contributed by atoms with Crippen LogP contribution in [-0.2, 0) is 0 Å². The molecule has 0 heterocycles. The zero-order valence-electron chi connectivity index (χ0n) is 18.7. The molecule has 174 valence electrons. The Hall–Kier alpha value is -3.22. The molecule has 4 nitrogen and oxygen atoms in total. The van der Waals surface area contributed by atoms with Crippen LogP contribution in [0.4, 0.5) is 0 Å². The lowest BCUT2D eigenvalue weighted by molar-refractivity contribution is 0.342. The lowest BCUT2D eigenvalue weighted by atomic mass is 10.3. The van der Waals surface area contributed by atoms with Crippen LogP contribution in [0.15, 0.2) is 109 Å². The van der Waals surface area contributed by atoms with Crippen LogP contribution in [0.2, 0.25) is 0 Å². The lowest BCUT2D eigenvalue weighted by Crippen LogP contribution is -2.01. The molecule has 0 radical (unpaired) electrons. The van der Waals surface area contributed by atoms with E-state index >= 15 is 0 Å². The van der Waals surface area contributed by atoms with Crippen LogP contribution in [0.1, 0.15) is 0 Å². The number of para-hydroxylation sites is 2. The van der Waals surface area contributed by atoms with Crippen LogP contribution >= 0.6 is 21.6 Å². The summed E-state index contributed by atoms with van der Waals surface area (Å²) >= 11 is 0.